The molecule has 0 heterocycles. The van der Waals surface area contributed by atoms with Gasteiger partial charge in [0.2, 0.25) is 0 Å². The summed E-state index contributed by atoms with van der Waals surface area (Å²) in [7, 11) is 2.09. The fourth-order valence-electron chi connectivity index (χ4n) is 1.69. The molecule has 0 spiro atoms. The molecule has 0 bridgehead atoms. The third-order valence-electron chi connectivity index (χ3n) is 2.84. The number of hydrogen-bond donors (Lipinski definition) is 0. The van der Waals surface area contributed by atoms with Gasteiger partial charge in [0.25, 0.3) is 0 Å². The van der Waals surface area contributed by atoms with Gasteiger partial charge < -0.3 is 4.90 Å². The minimum absolute atomic E-state index is 1.22. The van der Waals surface area contributed by atoms with Gasteiger partial charge in [-0.1, -0.05) is 35.4 Å². The first-order valence-corrected chi connectivity index (χ1v) is 6.04. The first-order valence-electron chi connectivity index (χ1n) is 6.04. The van der Waals surface area contributed by atoms with E-state index in [1.165, 1.54) is 22.5 Å². The van der Waals surface area contributed by atoms with Crippen LogP contribution in [0.25, 0.3) is 0 Å². The van der Waals surface area contributed by atoms with Crippen LogP contribution in [0.1, 0.15) is 11.1 Å². The zero-order chi connectivity index (χ0) is 13.5. The molecule has 0 N–H and O–H groups in total. The lowest BCUT2D eigenvalue weighted by Crippen LogP contribution is -2.08. The largest absolute Gasteiger partial charge is 0.345 e. The van der Waals surface area contributed by atoms with E-state index in [-0.39, 0.29) is 0 Å². The van der Waals surface area contributed by atoms with Gasteiger partial charge >= 0.3 is 0 Å². The van der Waals surface area contributed by atoms with E-state index >= 15 is 0 Å². The van der Waals surface area contributed by atoms with Crippen LogP contribution in [0.4, 0.5) is 11.4 Å². The molecule has 0 aliphatic carbocycles. The van der Waals surface area contributed by atoms with Crippen LogP contribution in [0, 0.1) is 13.8 Å². The van der Waals surface area contributed by atoms with Crippen LogP contribution in [-0.2, 0) is 0 Å². The van der Waals surface area contributed by atoms with Crippen LogP contribution in [0.2, 0.25) is 0 Å². The SMILES string of the molecule is C=C.Cc1ccc(N(C)c2ccc(C)cc2)cc1. The fraction of sp³-hybridized carbons (Fsp3) is 0.176. The molecule has 0 saturated carbocycles. The molecule has 18 heavy (non-hydrogen) atoms. The lowest BCUT2D eigenvalue weighted by molar-refractivity contribution is 1.20. The third kappa shape index (κ3) is 3.49. The minimum atomic E-state index is 1.22. The fourth-order valence-corrected chi connectivity index (χ4v) is 1.69. The quantitative estimate of drug-likeness (QED) is 0.675. The second kappa shape index (κ2) is 6.65. The van der Waals surface area contributed by atoms with E-state index in [9.17, 15) is 0 Å². The molecule has 94 valence electrons. The number of anilines is 2. The number of hydrogen-bond acceptors (Lipinski definition) is 1. The van der Waals surface area contributed by atoms with Gasteiger partial charge in [-0.2, -0.15) is 0 Å². The monoisotopic (exact) mass is 239 g/mol. The lowest BCUT2D eigenvalue weighted by Gasteiger charge is -2.19. The highest BCUT2D eigenvalue weighted by Crippen LogP contribution is 2.23. The predicted octanol–water partition coefficient (Wildman–Crippen LogP) is 4.87. The van der Waals surface area contributed by atoms with Gasteiger partial charge in [0.05, 0.1) is 0 Å². The van der Waals surface area contributed by atoms with Crippen molar-refractivity contribution in [3.63, 3.8) is 0 Å². The topological polar surface area (TPSA) is 3.24 Å². The van der Waals surface area contributed by atoms with Crippen LogP contribution in [0.5, 0.6) is 0 Å². The van der Waals surface area contributed by atoms with Gasteiger partial charge in [0.1, 0.15) is 0 Å². The molecule has 2 aromatic carbocycles. The molecule has 1 heteroatoms. The molecule has 0 radical (unpaired) electrons. The van der Waals surface area contributed by atoms with E-state index in [2.05, 4.69) is 87.5 Å². The smallest absolute Gasteiger partial charge is 0.0408 e. The summed E-state index contributed by atoms with van der Waals surface area (Å²) >= 11 is 0. The Hall–Kier alpha value is -2.02. The molecule has 0 aliphatic rings. The number of benzene rings is 2. The van der Waals surface area contributed by atoms with Crippen molar-refractivity contribution >= 4 is 11.4 Å². The Morgan fingerprint density at radius 3 is 1.22 bits per heavy atom. The van der Waals surface area contributed by atoms with Gasteiger partial charge in [-0.05, 0) is 38.1 Å². The molecule has 0 atom stereocenters. The van der Waals surface area contributed by atoms with E-state index < -0.39 is 0 Å². The van der Waals surface area contributed by atoms with Crippen molar-refractivity contribution in [2.45, 2.75) is 13.8 Å². The molecule has 1 nitrogen and oxygen atoms in total. The van der Waals surface area contributed by atoms with E-state index in [1.807, 2.05) is 0 Å². The van der Waals surface area contributed by atoms with E-state index in [1.54, 1.807) is 0 Å². The second-order valence-electron chi connectivity index (χ2n) is 4.23. The van der Waals surface area contributed by atoms with Crippen molar-refractivity contribution in [3.8, 4) is 0 Å². The molecule has 0 aliphatic heterocycles. The van der Waals surface area contributed by atoms with Gasteiger partial charge in [-0.3, -0.25) is 0 Å². The summed E-state index contributed by atoms with van der Waals surface area (Å²) in [6, 6.07) is 17.1. The van der Waals surface area contributed by atoms with Crippen molar-refractivity contribution in [1.82, 2.24) is 0 Å². The maximum atomic E-state index is 3.00. The lowest BCUT2D eigenvalue weighted by atomic mass is 10.2. The van der Waals surface area contributed by atoms with Crippen molar-refractivity contribution in [1.29, 1.82) is 0 Å². The summed E-state index contributed by atoms with van der Waals surface area (Å²) in [5.41, 5.74) is 5.02. The maximum Gasteiger partial charge on any atom is 0.0408 e. The van der Waals surface area contributed by atoms with Crippen LogP contribution < -0.4 is 4.90 Å². The first kappa shape index (κ1) is 14.0. The standard InChI is InChI=1S/C15H17N.C2H4/c1-12-4-8-14(9-5-12)16(3)15-10-6-13(2)7-11-15;1-2/h4-11H,1-3H3;1-2H2. The summed E-state index contributed by atoms with van der Waals surface area (Å²) in [6.07, 6.45) is 0. The first-order chi connectivity index (χ1) is 8.66. The van der Waals surface area contributed by atoms with Crippen molar-refractivity contribution in [3.05, 3.63) is 72.8 Å². The molecule has 0 fully saturated rings. The Labute approximate surface area is 110 Å². The van der Waals surface area contributed by atoms with Gasteiger partial charge in [-0.25, -0.2) is 0 Å². The number of aryl methyl sites for hydroxylation is 2. The Morgan fingerprint density at radius 2 is 0.944 bits per heavy atom. The highest BCUT2D eigenvalue weighted by atomic mass is 15.1. The van der Waals surface area contributed by atoms with Gasteiger partial charge in [0, 0.05) is 18.4 Å². The molecule has 2 rings (SSSR count). The average molecular weight is 239 g/mol. The minimum Gasteiger partial charge on any atom is -0.345 e. The Bertz CT molecular complexity index is 422. The number of nitrogens with zero attached hydrogens (tertiary/aromatic N) is 1. The van der Waals surface area contributed by atoms with Crippen LogP contribution in [0.15, 0.2) is 61.7 Å². The molecular weight excluding hydrogens is 218 g/mol. The van der Waals surface area contributed by atoms with E-state index in [4.69, 9.17) is 0 Å². The third-order valence-corrected chi connectivity index (χ3v) is 2.84. The van der Waals surface area contributed by atoms with Gasteiger partial charge in [-0.15, -0.1) is 13.2 Å². The molecule has 2 aromatic rings. The molecular formula is C17H21N. The molecule has 0 saturated heterocycles. The van der Waals surface area contributed by atoms with Crippen molar-refractivity contribution < 1.29 is 0 Å². The summed E-state index contributed by atoms with van der Waals surface area (Å²) < 4.78 is 0. The summed E-state index contributed by atoms with van der Waals surface area (Å²) in [5, 5.41) is 0. The second-order valence-corrected chi connectivity index (χ2v) is 4.23. The highest BCUT2D eigenvalue weighted by Gasteiger charge is 2.02. The summed E-state index contributed by atoms with van der Waals surface area (Å²) in [6.45, 7) is 10.2. The Morgan fingerprint density at radius 1 is 0.667 bits per heavy atom. The zero-order valence-electron chi connectivity index (χ0n) is 11.5. The molecule has 0 aromatic heterocycles. The maximum absolute atomic E-state index is 3.00. The van der Waals surface area contributed by atoms with Crippen LogP contribution in [0.3, 0.4) is 0 Å². The summed E-state index contributed by atoms with van der Waals surface area (Å²) in [5.74, 6) is 0. The van der Waals surface area contributed by atoms with Crippen LogP contribution in [-0.4, -0.2) is 7.05 Å². The van der Waals surface area contributed by atoms with Crippen molar-refractivity contribution in [2.24, 2.45) is 0 Å². The predicted molar refractivity (Wildman–Crippen MR) is 81.7 cm³/mol. The normalized spacial score (nSPS) is 9.28. The molecule has 0 unspecified atom stereocenters. The molecule has 0 amide bonds. The Balaban J connectivity index is 0.000000771. The summed E-state index contributed by atoms with van der Waals surface area (Å²) in [4.78, 5) is 2.19. The highest BCUT2D eigenvalue weighted by molar-refractivity contribution is 5.62. The Kier molecular flexibility index (Phi) is 5.19. The average Bonchev–Trinajstić information content (AvgIpc) is 2.42. The number of rotatable bonds is 2. The van der Waals surface area contributed by atoms with E-state index in [0.717, 1.165) is 0 Å². The van der Waals surface area contributed by atoms with Crippen LogP contribution >= 0.6 is 0 Å². The zero-order valence-corrected chi connectivity index (χ0v) is 11.5. The van der Waals surface area contributed by atoms with Gasteiger partial charge in [0.15, 0.2) is 0 Å². The van der Waals surface area contributed by atoms with E-state index in [0.29, 0.717) is 0 Å². The van der Waals surface area contributed by atoms with Crippen molar-refractivity contribution in [2.75, 3.05) is 11.9 Å².